The molecule has 0 fully saturated rings. The summed E-state index contributed by atoms with van der Waals surface area (Å²) in [6.45, 7) is 13.7. The van der Waals surface area contributed by atoms with Crippen LogP contribution in [-0.2, 0) is 17.5 Å². The SMILES string of the molecule is C=C(C)C(=O)O[Si](C)(CCC)O[SiH2][SiH2]O[SiH](C)C. The Balaban J connectivity index is 4.24. The molecular formula is C10H26O4Si4. The summed E-state index contributed by atoms with van der Waals surface area (Å²) in [4.78, 5) is 11.6. The van der Waals surface area contributed by atoms with Crippen molar-refractivity contribution in [3.05, 3.63) is 12.2 Å². The summed E-state index contributed by atoms with van der Waals surface area (Å²) in [5.41, 5.74) is 0.443. The highest BCUT2D eigenvalue weighted by atomic mass is 29.2. The van der Waals surface area contributed by atoms with Gasteiger partial charge in [0, 0.05) is 11.6 Å². The molecule has 0 amide bonds. The Morgan fingerprint density at radius 2 is 2.00 bits per heavy atom. The maximum absolute atomic E-state index is 11.6. The molecule has 1 unspecified atom stereocenters. The van der Waals surface area contributed by atoms with Gasteiger partial charge in [-0.3, -0.25) is 0 Å². The third kappa shape index (κ3) is 8.16. The molecule has 0 aromatic carbocycles. The second-order valence-corrected chi connectivity index (χ2v) is 15.6. The Morgan fingerprint density at radius 3 is 2.44 bits per heavy atom. The number of carbonyl (C=O) groups excluding carboxylic acids is 1. The number of hydrogen-bond donors (Lipinski definition) is 0. The molecule has 0 saturated carbocycles. The molecule has 106 valence electrons. The minimum atomic E-state index is -2.33. The van der Waals surface area contributed by atoms with Gasteiger partial charge in [0.2, 0.25) is 0 Å². The second kappa shape index (κ2) is 8.99. The monoisotopic (exact) mass is 322 g/mol. The average molecular weight is 323 g/mol. The van der Waals surface area contributed by atoms with Gasteiger partial charge in [0.1, 0.15) is 0 Å². The van der Waals surface area contributed by atoms with Gasteiger partial charge in [-0.05, 0) is 26.6 Å². The number of rotatable bonds is 9. The van der Waals surface area contributed by atoms with E-state index in [1.165, 1.54) is 0 Å². The summed E-state index contributed by atoms with van der Waals surface area (Å²) in [5.74, 6) is -0.313. The molecule has 0 aliphatic heterocycles. The van der Waals surface area contributed by atoms with E-state index in [2.05, 4.69) is 26.6 Å². The molecule has 0 aliphatic rings. The lowest BCUT2D eigenvalue weighted by Crippen LogP contribution is -2.43. The highest BCUT2D eigenvalue weighted by molar-refractivity contribution is 6.99. The van der Waals surface area contributed by atoms with Gasteiger partial charge in [0.25, 0.3) is 0 Å². The van der Waals surface area contributed by atoms with Gasteiger partial charge >= 0.3 is 14.5 Å². The van der Waals surface area contributed by atoms with Crippen LogP contribution >= 0.6 is 0 Å². The molecule has 0 N–H and O–H groups in total. The topological polar surface area (TPSA) is 44.8 Å². The normalized spacial score (nSPS) is 15.7. The first-order valence-corrected chi connectivity index (χ1v) is 16.9. The van der Waals surface area contributed by atoms with Crippen molar-refractivity contribution in [2.75, 3.05) is 0 Å². The van der Waals surface area contributed by atoms with Crippen molar-refractivity contribution < 1.29 is 17.5 Å². The first-order chi connectivity index (χ1) is 8.30. The molecule has 8 heteroatoms. The van der Waals surface area contributed by atoms with E-state index in [0.717, 1.165) is 12.5 Å². The van der Waals surface area contributed by atoms with E-state index in [9.17, 15) is 4.79 Å². The van der Waals surface area contributed by atoms with Crippen LogP contribution in [0.5, 0.6) is 0 Å². The Bertz CT molecular complexity index is 285. The van der Waals surface area contributed by atoms with Crippen molar-refractivity contribution >= 4 is 42.1 Å². The van der Waals surface area contributed by atoms with Crippen LogP contribution in [0.15, 0.2) is 12.2 Å². The van der Waals surface area contributed by atoms with Gasteiger partial charge in [0.05, 0.1) is 0 Å². The van der Waals surface area contributed by atoms with Crippen molar-refractivity contribution in [2.24, 2.45) is 0 Å². The molecule has 18 heavy (non-hydrogen) atoms. The van der Waals surface area contributed by atoms with Crippen molar-refractivity contribution in [3.63, 3.8) is 0 Å². The van der Waals surface area contributed by atoms with E-state index >= 15 is 0 Å². The zero-order valence-corrected chi connectivity index (χ0v) is 17.2. The van der Waals surface area contributed by atoms with E-state index < -0.39 is 36.2 Å². The van der Waals surface area contributed by atoms with Gasteiger partial charge in [-0.2, -0.15) is 0 Å². The molecule has 0 heterocycles. The molecule has 0 aromatic rings. The maximum Gasteiger partial charge on any atom is 0.388 e. The fourth-order valence-electron chi connectivity index (χ4n) is 1.43. The molecule has 0 aromatic heterocycles. The molecule has 0 rings (SSSR count). The zero-order valence-electron chi connectivity index (χ0n) is 12.2. The summed E-state index contributed by atoms with van der Waals surface area (Å²) < 4.78 is 17.3. The van der Waals surface area contributed by atoms with Crippen LogP contribution in [-0.4, -0.2) is 42.1 Å². The molecule has 0 radical (unpaired) electrons. The summed E-state index contributed by atoms with van der Waals surface area (Å²) >= 11 is 0. The van der Waals surface area contributed by atoms with Crippen LogP contribution in [0.2, 0.25) is 25.7 Å². The van der Waals surface area contributed by atoms with Crippen molar-refractivity contribution in [1.82, 2.24) is 0 Å². The molecule has 4 nitrogen and oxygen atoms in total. The fourth-order valence-corrected chi connectivity index (χ4v) is 17.9. The van der Waals surface area contributed by atoms with Gasteiger partial charge < -0.3 is 12.7 Å². The molecule has 0 bridgehead atoms. The van der Waals surface area contributed by atoms with Gasteiger partial charge in [0.15, 0.2) is 27.6 Å². The Labute approximate surface area is 118 Å². The van der Waals surface area contributed by atoms with Crippen LogP contribution in [0.4, 0.5) is 0 Å². The third-order valence-electron chi connectivity index (χ3n) is 2.30. The molecule has 0 aliphatic carbocycles. The highest BCUT2D eigenvalue weighted by Gasteiger charge is 2.34. The largest absolute Gasteiger partial charge is 0.492 e. The minimum Gasteiger partial charge on any atom is -0.492 e. The van der Waals surface area contributed by atoms with Crippen LogP contribution in [0.25, 0.3) is 0 Å². The summed E-state index contributed by atoms with van der Waals surface area (Å²) in [7, 11) is -4.34. The quantitative estimate of drug-likeness (QED) is 0.356. The summed E-state index contributed by atoms with van der Waals surface area (Å²) in [6, 6.07) is 0.854. The predicted molar refractivity (Wildman–Crippen MR) is 85.8 cm³/mol. The van der Waals surface area contributed by atoms with E-state index in [1.807, 2.05) is 6.55 Å². The van der Waals surface area contributed by atoms with Crippen LogP contribution in [0.3, 0.4) is 0 Å². The molecule has 0 spiro atoms. The lowest BCUT2D eigenvalue weighted by molar-refractivity contribution is -0.131. The Hall–Kier alpha value is -0.00247. The van der Waals surface area contributed by atoms with Crippen LogP contribution in [0, 0.1) is 0 Å². The first kappa shape index (κ1) is 18.0. The molecule has 1 atom stereocenters. The number of carbonyl (C=O) groups is 1. The Morgan fingerprint density at radius 1 is 1.39 bits per heavy atom. The van der Waals surface area contributed by atoms with E-state index in [1.54, 1.807) is 6.92 Å². The predicted octanol–water partition coefficient (Wildman–Crippen LogP) is 0.687. The lowest BCUT2D eigenvalue weighted by Gasteiger charge is -2.27. The smallest absolute Gasteiger partial charge is 0.388 e. The van der Waals surface area contributed by atoms with Crippen molar-refractivity contribution in [3.8, 4) is 0 Å². The van der Waals surface area contributed by atoms with Crippen molar-refractivity contribution in [1.29, 1.82) is 0 Å². The third-order valence-corrected chi connectivity index (χ3v) is 15.8. The average Bonchev–Trinajstić information content (AvgIpc) is 2.24. The molecule has 0 saturated heterocycles. The maximum atomic E-state index is 11.6. The second-order valence-electron chi connectivity index (χ2n) is 4.82. The molecular weight excluding hydrogens is 296 g/mol. The van der Waals surface area contributed by atoms with Crippen molar-refractivity contribution in [2.45, 2.75) is 46.0 Å². The van der Waals surface area contributed by atoms with Crippen LogP contribution < -0.4 is 0 Å². The van der Waals surface area contributed by atoms with E-state index in [-0.39, 0.29) is 5.97 Å². The van der Waals surface area contributed by atoms with E-state index in [4.69, 9.17) is 12.7 Å². The van der Waals surface area contributed by atoms with Crippen LogP contribution in [0.1, 0.15) is 20.3 Å². The van der Waals surface area contributed by atoms with Gasteiger partial charge in [-0.15, -0.1) is 0 Å². The standard InChI is InChI=1S/C10H26O4Si4/c1-7-8-18(6,12-10(11)9(2)3)14-16-15-13-17(4)5/h17H,2,7-8,15-16H2,1,3-6H3. The highest BCUT2D eigenvalue weighted by Crippen LogP contribution is 2.16. The Kier molecular flexibility index (Phi) is 8.99. The van der Waals surface area contributed by atoms with Gasteiger partial charge in [-0.25, -0.2) is 4.79 Å². The minimum absolute atomic E-state index is 0.313. The zero-order chi connectivity index (χ0) is 14.2. The van der Waals surface area contributed by atoms with E-state index in [0.29, 0.717) is 5.57 Å². The first-order valence-electron chi connectivity index (χ1n) is 6.45. The lowest BCUT2D eigenvalue weighted by atomic mass is 10.4. The number of hydrogen-bond acceptors (Lipinski definition) is 4. The van der Waals surface area contributed by atoms with Gasteiger partial charge in [-0.1, -0.05) is 19.9 Å². The fraction of sp³-hybridized carbons (Fsp3) is 0.700. The summed E-state index contributed by atoms with van der Waals surface area (Å²) in [5, 5.41) is 0. The summed E-state index contributed by atoms with van der Waals surface area (Å²) in [6.07, 6.45) is 0.974.